The predicted octanol–water partition coefficient (Wildman–Crippen LogP) is 2.47. The van der Waals surface area contributed by atoms with Gasteiger partial charge in [-0.25, -0.2) is 18.1 Å². The Balaban J connectivity index is 0.00000676. The van der Waals surface area contributed by atoms with Crippen molar-refractivity contribution in [3.63, 3.8) is 0 Å². The van der Waals surface area contributed by atoms with Crippen molar-refractivity contribution >= 4 is 40.0 Å². The van der Waals surface area contributed by atoms with E-state index >= 15 is 0 Å². The molecule has 0 amide bonds. The fraction of sp³-hybridized carbons (Fsp3) is 0.611. The topological polar surface area (TPSA) is 91.8 Å². The maximum atomic E-state index is 12.7. The van der Waals surface area contributed by atoms with Gasteiger partial charge in [-0.15, -0.1) is 24.0 Å². The van der Waals surface area contributed by atoms with E-state index in [1.807, 2.05) is 40.7 Å². The van der Waals surface area contributed by atoms with E-state index in [1.54, 1.807) is 25.3 Å². The Bertz CT molecular complexity index is 703. The highest BCUT2D eigenvalue weighted by molar-refractivity contribution is 14.0. The van der Waals surface area contributed by atoms with Crippen molar-refractivity contribution in [3.05, 3.63) is 29.8 Å². The minimum atomic E-state index is -3.62. The van der Waals surface area contributed by atoms with Crippen molar-refractivity contribution in [2.24, 2.45) is 4.99 Å². The number of rotatable bonds is 8. The molecule has 156 valence electrons. The highest BCUT2D eigenvalue weighted by atomic mass is 127. The van der Waals surface area contributed by atoms with Crippen molar-refractivity contribution in [1.29, 1.82) is 0 Å². The summed E-state index contributed by atoms with van der Waals surface area (Å²) in [6, 6.07) is 7.00. The highest BCUT2D eigenvalue weighted by Gasteiger charge is 2.24. The minimum Gasteiger partial charge on any atom is -0.383 e. The van der Waals surface area contributed by atoms with Crippen LogP contribution in [0.3, 0.4) is 0 Å². The van der Waals surface area contributed by atoms with Gasteiger partial charge in [0.2, 0.25) is 10.0 Å². The summed E-state index contributed by atoms with van der Waals surface area (Å²) in [4.78, 5) is 4.77. The predicted molar refractivity (Wildman–Crippen MR) is 121 cm³/mol. The molecule has 1 aromatic carbocycles. The molecule has 0 saturated heterocycles. The lowest BCUT2D eigenvalue weighted by molar-refractivity contribution is 0.179. The molecule has 9 heteroatoms. The molecule has 3 N–H and O–H groups in total. The highest BCUT2D eigenvalue weighted by Crippen LogP contribution is 2.18. The summed E-state index contributed by atoms with van der Waals surface area (Å²) < 4.78 is 33.2. The van der Waals surface area contributed by atoms with E-state index in [0.29, 0.717) is 24.7 Å². The second-order valence-electron chi connectivity index (χ2n) is 7.16. The van der Waals surface area contributed by atoms with Gasteiger partial charge in [-0.3, -0.25) is 0 Å². The molecule has 1 rings (SSSR count). The van der Waals surface area contributed by atoms with Crippen molar-refractivity contribution in [3.8, 4) is 0 Å². The van der Waals surface area contributed by atoms with Crippen molar-refractivity contribution in [2.75, 3.05) is 20.3 Å². The first-order valence-corrected chi connectivity index (χ1v) is 10.2. The molecule has 27 heavy (non-hydrogen) atoms. The lowest BCUT2D eigenvalue weighted by Crippen LogP contribution is -2.44. The van der Waals surface area contributed by atoms with Crippen molar-refractivity contribution in [1.82, 2.24) is 15.4 Å². The maximum absolute atomic E-state index is 12.7. The van der Waals surface area contributed by atoms with E-state index in [2.05, 4.69) is 20.3 Å². The SMILES string of the molecule is CCNC(=NCc1ccccc1S(=O)(=O)NC(C)(C)C)NC(C)COC.I. The number of hydrogen-bond acceptors (Lipinski definition) is 4. The number of nitrogens with one attached hydrogen (secondary N) is 3. The Morgan fingerprint density at radius 2 is 1.89 bits per heavy atom. The van der Waals surface area contributed by atoms with E-state index in [4.69, 9.17) is 4.74 Å². The Labute approximate surface area is 180 Å². The zero-order valence-electron chi connectivity index (χ0n) is 17.0. The number of aliphatic imine (C=N–C) groups is 1. The van der Waals surface area contributed by atoms with Crippen molar-refractivity contribution in [2.45, 2.75) is 57.6 Å². The first kappa shape index (κ1) is 26.1. The van der Waals surface area contributed by atoms with Gasteiger partial charge in [-0.1, -0.05) is 18.2 Å². The molecule has 7 nitrogen and oxygen atoms in total. The summed E-state index contributed by atoms with van der Waals surface area (Å²) in [5.74, 6) is 0.619. The number of benzene rings is 1. The fourth-order valence-corrected chi connectivity index (χ4v) is 4.02. The summed E-state index contributed by atoms with van der Waals surface area (Å²) in [7, 11) is -1.98. The minimum absolute atomic E-state index is 0. The first-order chi connectivity index (χ1) is 12.1. The Morgan fingerprint density at radius 3 is 2.44 bits per heavy atom. The van der Waals surface area contributed by atoms with Crippen LogP contribution < -0.4 is 15.4 Å². The molecule has 0 aliphatic heterocycles. The van der Waals surface area contributed by atoms with E-state index < -0.39 is 15.6 Å². The zero-order valence-corrected chi connectivity index (χ0v) is 20.1. The normalized spacial score (nSPS) is 13.6. The van der Waals surface area contributed by atoms with E-state index in [0.717, 1.165) is 0 Å². The monoisotopic (exact) mass is 512 g/mol. The molecule has 0 aromatic heterocycles. The third-order valence-corrected chi connectivity index (χ3v) is 5.11. The molecule has 0 spiro atoms. The van der Waals surface area contributed by atoms with Gasteiger partial charge in [0, 0.05) is 25.2 Å². The van der Waals surface area contributed by atoms with Gasteiger partial charge >= 0.3 is 0 Å². The van der Waals surface area contributed by atoms with Crippen LogP contribution in [0.25, 0.3) is 0 Å². The number of hydrogen-bond donors (Lipinski definition) is 3. The summed E-state index contributed by atoms with van der Waals surface area (Å²) in [6.45, 7) is 10.9. The Kier molecular flexibility index (Phi) is 11.4. The summed E-state index contributed by atoms with van der Waals surface area (Å²) >= 11 is 0. The van der Waals surface area contributed by atoms with Gasteiger partial charge in [0.05, 0.1) is 18.0 Å². The van der Waals surface area contributed by atoms with E-state index in [9.17, 15) is 8.42 Å². The lowest BCUT2D eigenvalue weighted by Gasteiger charge is -2.21. The molecule has 0 heterocycles. The molecule has 1 unspecified atom stereocenters. The summed E-state index contributed by atoms with van der Waals surface area (Å²) in [5, 5.41) is 6.39. The molecule has 0 fully saturated rings. The van der Waals surface area contributed by atoms with Crippen LogP contribution in [0.5, 0.6) is 0 Å². The van der Waals surface area contributed by atoms with E-state index in [-0.39, 0.29) is 41.5 Å². The number of ether oxygens (including phenoxy) is 1. The van der Waals surface area contributed by atoms with Crippen LogP contribution in [0.2, 0.25) is 0 Å². The van der Waals surface area contributed by atoms with Gasteiger partial charge in [0.25, 0.3) is 0 Å². The number of methoxy groups -OCH3 is 1. The first-order valence-electron chi connectivity index (χ1n) is 8.74. The maximum Gasteiger partial charge on any atom is 0.241 e. The fourth-order valence-electron chi connectivity index (χ4n) is 2.36. The molecule has 1 atom stereocenters. The standard InChI is InChI=1S/C18H32N4O3S.HI/c1-7-19-17(21-14(2)13-25-6)20-12-15-10-8-9-11-16(15)26(23,24)22-18(3,4)5;/h8-11,14,22H,7,12-13H2,1-6H3,(H2,19,20,21);1H. The third-order valence-electron chi connectivity index (χ3n) is 3.25. The number of sulfonamides is 1. The Morgan fingerprint density at radius 1 is 1.26 bits per heavy atom. The second kappa shape index (κ2) is 11.8. The van der Waals surface area contributed by atoms with Crippen LogP contribution in [0, 0.1) is 0 Å². The molecule has 1 aromatic rings. The summed E-state index contributed by atoms with van der Waals surface area (Å²) in [6.07, 6.45) is 0. The molecule has 0 aliphatic rings. The Hall–Kier alpha value is -0.910. The van der Waals surface area contributed by atoms with Crippen LogP contribution >= 0.6 is 24.0 Å². The molecule has 0 radical (unpaired) electrons. The summed E-state index contributed by atoms with van der Waals surface area (Å²) in [5.41, 5.74) is 0.0854. The van der Waals surface area contributed by atoms with Gasteiger partial charge in [0.1, 0.15) is 0 Å². The van der Waals surface area contributed by atoms with Crippen molar-refractivity contribution < 1.29 is 13.2 Å². The number of nitrogens with zero attached hydrogens (tertiary/aromatic N) is 1. The van der Waals surface area contributed by atoms with Crippen LogP contribution in [-0.4, -0.2) is 46.2 Å². The average molecular weight is 512 g/mol. The molecule has 0 aliphatic carbocycles. The van der Waals surface area contributed by atoms with Crippen LogP contribution in [0.1, 0.15) is 40.2 Å². The lowest BCUT2D eigenvalue weighted by atomic mass is 10.1. The molecular weight excluding hydrogens is 479 g/mol. The van der Waals surface area contributed by atoms with Gasteiger partial charge < -0.3 is 15.4 Å². The third kappa shape index (κ3) is 9.72. The van der Waals surface area contributed by atoms with E-state index in [1.165, 1.54) is 0 Å². The van der Waals surface area contributed by atoms with Crippen LogP contribution in [-0.2, 0) is 21.3 Å². The second-order valence-corrected chi connectivity index (χ2v) is 8.81. The quantitative estimate of drug-likeness (QED) is 0.283. The largest absolute Gasteiger partial charge is 0.383 e. The number of halogens is 1. The van der Waals surface area contributed by atoms with Gasteiger partial charge in [-0.2, -0.15) is 0 Å². The van der Waals surface area contributed by atoms with Gasteiger partial charge in [0.15, 0.2) is 5.96 Å². The number of guanidine groups is 1. The van der Waals surface area contributed by atoms with Gasteiger partial charge in [-0.05, 0) is 46.2 Å². The van der Waals surface area contributed by atoms with Crippen LogP contribution in [0.15, 0.2) is 34.2 Å². The average Bonchev–Trinajstić information content (AvgIpc) is 2.51. The molecule has 0 saturated carbocycles. The zero-order chi connectivity index (χ0) is 19.8. The molecular formula is C18H33IN4O3S. The smallest absolute Gasteiger partial charge is 0.241 e. The van der Waals surface area contributed by atoms with Crippen LogP contribution in [0.4, 0.5) is 0 Å². The molecule has 0 bridgehead atoms.